The third-order valence-electron chi connectivity index (χ3n) is 5.79. The molecule has 0 fully saturated rings. The standard InChI is InChI=1S/C28H24N2O4Si/c1-31-23-17-13-21(14-18-23)27-28(22-15-19-24(32-2)20-16-22)30-34-35(33-29-27,25-9-5-3-6-10-25)26-11-7-4-8-12-26/h3-20H,1-2H3. The summed E-state index contributed by atoms with van der Waals surface area (Å²) < 4.78 is 23.5. The predicted molar refractivity (Wildman–Crippen MR) is 139 cm³/mol. The van der Waals surface area contributed by atoms with Gasteiger partial charge in [-0.25, -0.2) is 0 Å². The molecule has 6 nitrogen and oxygen atoms in total. The molecule has 174 valence electrons. The SMILES string of the molecule is COc1ccc(C2=NO[Si](c3ccccc3)(c3ccccc3)ON=C2c2ccc(OC)cc2)cc1. The van der Waals surface area contributed by atoms with Gasteiger partial charge in [-0.3, -0.25) is 0 Å². The van der Waals surface area contributed by atoms with E-state index in [0.717, 1.165) is 33.0 Å². The smallest absolute Gasteiger partial charge is 0.497 e. The molecule has 0 amide bonds. The van der Waals surface area contributed by atoms with Crippen LogP contribution in [0.25, 0.3) is 0 Å². The Hall–Kier alpha value is -4.36. The van der Waals surface area contributed by atoms with E-state index in [4.69, 9.17) is 28.8 Å². The van der Waals surface area contributed by atoms with Crippen LogP contribution in [-0.4, -0.2) is 34.2 Å². The van der Waals surface area contributed by atoms with Gasteiger partial charge in [0.15, 0.2) is 0 Å². The zero-order valence-electron chi connectivity index (χ0n) is 19.4. The zero-order chi connectivity index (χ0) is 24.1. The quantitative estimate of drug-likeness (QED) is 0.390. The van der Waals surface area contributed by atoms with Crippen LogP contribution >= 0.6 is 0 Å². The third-order valence-corrected chi connectivity index (χ3v) is 8.67. The minimum Gasteiger partial charge on any atom is -0.497 e. The van der Waals surface area contributed by atoms with Gasteiger partial charge in [0.25, 0.3) is 0 Å². The molecule has 0 radical (unpaired) electrons. The fraction of sp³-hybridized carbons (Fsp3) is 0.0714. The number of methoxy groups -OCH3 is 2. The molecule has 1 aliphatic rings. The highest BCUT2D eigenvalue weighted by Gasteiger charge is 2.50. The number of oxime groups is 2. The highest BCUT2D eigenvalue weighted by molar-refractivity contribution is 6.92. The number of hydrogen-bond donors (Lipinski definition) is 0. The summed E-state index contributed by atoms with van der Waals surface area (Å²) in [6, 6.07) is 35.0. The van der Waals surface area contributed by atoms with E-state index in [-0.39, 0.29) is 0 Å². The average molecular weight is 481 g/mol. The van der Waals surface area contributed by atoms with E-state index in [2.05, 4.69) is 0 Å². The second kappa shape index (κ2) is 9.86. The largest absolute Gasteiger partial charge is 0.574 e. The zero-order valence-corrected chi connectivity index (χ0v) is 20.4. The molecular weight excluding hydrogens is 456 g/mol. The fourth-order valence-corrected chi connectivity index (χ4v) is 6.38. The van der Waals surface area contributed by atoms with Gasteiger partial charge in [-0.2, -0.15) is 0 Å². The van der Waals surface area contributed by atoms with Crippen LogP contribution in [0.3, 0.4) is 0 Å². The monoisotopic (exact) mass is 480 g/mol. The first-order valence-corrected chi connectivity index (χ1v) is 13.0. The molecule has 5 rings (SSSR count). The van der Waals surface area contributed by atoms with E-state index < -0.39 is 8.56 Å². The van der Waals surface area contributed by atoms with E-state index in [9.17, 15) is 0 Å². The fourth-order valence-electron chi connectivity index (χ4n) is 3.89. The Bertz CT molecular complexity index is 1230. The summed E-state index contributed by atoms with van der Waals surface area (Å²) in [4.78, 5) is 0. The maximum Gasteiger partial charge on any atom is 0.574 e. The van der Waals surface area contributed by atoms with Crippen molar-refractivity contribution in [2.75, 3.05) is 14.2 Å². The first kappa shape index (κ1) is 22.4. The number of nitrogens with zero attached hydrogens (tertiary/aromatic N) is 2. The van der Waals surface area contributed by atoms with E-state index in [1.54, 1.807) is 14.2 Å². The maximum absolute atomic E-state index is 6.42. The van der Waals surface area contributed by atoms with Crippen molar-refractivity contribution >= 4 is 30.4 Å². The molecule has 0 bridgehead atoms. The van der Waals surface area contributed by atoms with E-state index >= 15 is 0 Å². The molecule has 4 aromatic rings. The molecule has 1 heterocycles. The van der Waals surface area contributed by atoms with Crippen LogP contribution in [0.15, 0.2) is 120 Å². The topological polar surface area (TPSA) is 61.6 Å². The summed E-state index contributed by atoms with van der Waals surface area (Å²) in [7, 11) is -0.0187. The van der Waals surface area contributed by atoms with Gasteiger partial charge in [-0.05, 0) is 48.5 Å². The summed E-state index contributed by atoms with van der Waals surface area (Å²) in [6.07, 6.45) is 0. The molecule has 1 aliphatic heterocycles. The summed E-state index contributed by atoms with van der Waals surface area (Å²) >= 11 is 0. The van der Waals surface area contributed by atoms with Crippen LogP contribution in [0.5, 0.6) is 11.5 Å². The number of hydrogen-bond acceptors (Lipinski definition) is 6. The Morgan fingerprint density at radius 3 is 1.23 bits per heavy atom. The number of benzene rings is 4. The van der Waals surface area contributed by atoms with Crippen molar-refractivity contribution in [3.63, 3.8) is 0 Å². The molecule has 0 aliphatic carbocycles. The van der Waals surface area contributed by atoms with Gasteiger partial charge in [0, 0.05) is 21.5 Å². The van der Waals surface area contributed by atoms with Crippen molar-refractivity contribution in [3.8, 4) is 11.5 Å². The van der Waals surface area contributed by atoms with Crippen molar-refractivity contribution in [2.45, 2.75) is 0 Å². The minimum absolute atomic E-state index is 0.569. The lowest BCUT2D eigenvalue weighted by atomic mass is 10.00. The maximum atomic E-state index is 6.42. The van der Waals surface area contributed by atoms with E-state index in [0.29, 0.717) is 11.4 Å². The molecule has 0 N–H and O–H groups in total. The molecule has 0 spiro atoms. The average Bonchev–Trinajstić information content (AvgIpc) is 3.15. The van der Waals surface area contributed by atoms with Gasteiger partial charge in [-0.15, -0.1) is 0 Å². The van der Waals surface area contributed by atoms with Crippen LogP contribution in [0.2, 0.25) is 0 Å². The Labute approximate surface area is 205 Å². The van der Waals surface area contributed by atoms with Gasteiger partial charge in [-0.1, -0.05) is 71.0 Å². The van der Waals surface area contributed by atoms with Crippen LogP contribution < -0.4 is 19.8 Å². The molecule has 0 saturated heterocycles. The Balaban J connectivity index is 1.69. The van der Waals surface area contributed by atoms with Crippen molar-refractivity contribution in [1.29, 1.82) is 0 Å². The third kappa shape index (κ3) is 4.41. The lowest BCUT2D eigenvalue weighted by molar-refractivity contribution is 0.211. The molecular formula is C28H24N2O4Si. The number of rotatable bonds is 6. The first-order chi connectivity index (χ1) is 17.2. The van der Waals surface area contributed by atoms with E-state index in [1.165, 1.54) is 0 Å². The molecule has 0 aromatic heterocycles. The summed E-state index contributed by atoms with van der Waals surface area (Å²) in [5.41, 5.74) is 2.79. The first-order valence-electron chi connectivity index (χ1n) is 11.2. The van der Waals surface area contributed by atoms with Gasteiger partial charge >= 0.3 is 8.56 Å². The van der Waals surface area contributed by atoms with Crippen molar-refractivity contribution in [1.82, 2.24) is 0 Å². The molecule has 0 atom stereocenters. The molecule has 4 aromatic carbocycles. The van der Waals surface area contributed by atoms with E-state index in [1.807, 2.05) is 109 Å². The summed E-state index contributed by atoms with van der Waals surface area (Å²) in [5.74, 6) is 1.50. The molecule has 7 heteroatoms. The Morgan fingerprint density at radius 1 is 0.514 bits per heavy atom. The van der Waals surface area contributed by atoms with Crippen LogP contribution in [0.1, 0.15) is 11.1 Å². The predicted octanol–water partition coefficient (Wildman–Crippen LogP) is 4.12. The summed E-state index contributed by atoms with van der Waals surface area (Å²) in [6.45, 7) is 0. The van der Waals surface area contributed by atoms with Crippen molar-refractivity contribution < 1.29 is 18.5 Å². The normalized spacial score (nSPS) is 14.5. The lowest BCUT2D eigenvalue weighted by Crippen LogP contribution is -2.61. The highest BCUT2D eigenvalue weighted by atomic mass is 28.4. The second-order valence-electron chi connectivity index (χ2n) is 7.87. The van der Waals surface area contributed by atoms with Gasteiger partial charge in [0.1, 0.15) is 22.9 Å². The van der Waals surface area contributed by atoms with Crippen LogP contribution in [0, 0.1) is 0 Å². The van der Waals surface area contributed by atoms with Gasteiger partial charge in [0.05, 0.1) is 14.2 Å². The van der Waals surface area contributed by atoms with Crippen LogP contribution in [-0.2, 0) is 9.05 Å². The molecule has 0 unspecified atom stereocenters. The minimum atomic E-state index is -3.29. The summed E-state index contributed by atoms with van der Waals surface area (Å²) in [5, 5.41) is 11.2. The molecule has 35 heavy (non-hydrogen) atoms. The molecule has 0 saturated carbocycles. The Morgan fingerprint density at radius 2 is 0.886 bits per heavy atom. The van der Waals surface area contributed by atoms with Crippen molar-refractivity contribution in [3.05, 3.63) is 120 Å². The Kier molecular flexibility index (Phi) is 6.32. The lowest BCUT2D eigenvalue weighted by Gasteiger charge is -2.24. The second-order valence-corrected chi connectivity index (χ2v) is 10.6. The number of ether oxygens (including phenoxy) is 2. The van der Waals surface area contributed by atoms with Gasteiger partial charge in [0.2, 0.25) is 0 Å². The highest BCUT2D eigenvalue weighted by Crippen LogP contribution is 2.22. The van der Waals surface area contributed by atoms with Gasteiger partial charge < -0.3 is 18.5 Å². The van der Waals surface area contributed by atoms with Crippen molar-refractivity contribution in [2.24, 2.45) is 10.3 Å². The van der Waals surface area contributed by atoms with Crippen LogP contribution in [0.4, 0.5) is 0 Å².